The summed E-state index contributed by atoms with van der Waals surface area (Å²) in [5, 5.41) is 0. The van der Waals surface area contributed by atoms with Crippen molar-refractivity contribution in [3.63, 3.8) is 0 Å². The van der Waals surface area contributed by atoms with Crippen molar-refractivity contribution in [2.75, 3.05) is 19.6 Å². The molecular weight excluding hydrogens is 370 g/mol. The Morgan fingerprint density at radius 3 is 1.97 bits per heavy atom. The van der Waals surface area contributed by atoms with E-state index < -0.39 is 0 Å². The van der Waals surface area contributed by atoms with E-state index in [1.54, 1.807) is 0 Å². The summed E-state index contributed by atoms with van der Waals surface area (Å²) >= 11 is 0. The molecule has 2 aliphatic heterocycles. The van der Waals surface area contributed by atoms with Gasteiger partial charge in [0, 0.05) is 18.4 Å². The molecule has 0 bridgehead atoms. The second kappa shape index (κ2) is 8.19. The zero-order valence-electron chi connectivity index (χ0n) is 17.9. The van der Waals surface area contributed by atoms with Crippen LogP contribution in [-0.4, -0.2) is 36.6 Å². The Bertz CT molecular complexity index is 807. The maximum absolute atomic E-state index is 12.4. The molecule has 2 aromatic carbocycles. The number of nitrogens with zero attached hydrogens (tertiary/aromatic N) is 1. The van der Waals surface area contributed by atoms with Crippen LogP contribution in [0.4, 0.5) is 0 Å². The number of likely N-dealkylation sites (tertiary alicyclic amines) is 1. The minimum absolute atomic E-state index is 0.0933. The summed E-state index contributed by atoms with van der Waals surface area (Å²) in [4.78, 5) is 15.0. The molecule has 158 valence electrons. The predicted octanol–water partition coefficient (Wildman–Crippen LogP) is 5.33. The summed E-state index contributed by atoms with van der Waals surface area (Å²) in [6.07, 6.45) is 8.81. The lowest BCUT2D eigenvalue weighted by molar-refractivity contribution is -0.148. The van der Waals surface area contributed by atoms with Crippen molar-refractivity contribution < 1.29 is 9.53 Å². The average Bonchev–Trinajstić information content (AvgIpc) is 3.41. The SMILES string of the molecule is O=C1OC(CCN2CCC(c3ccccc3)(c3ccccc3)CC2)CC12CCCC2. The average molecular weight is 404 g/mol. The zero-order chi connectivity index (χ0) is 20.4. The molecule has 0 N–H and O–H groups in total. The number of piperidine rings is 1. The Hall–Kier alpha value is -2.13. The van der Waals surface area contributed by atoms with E-state index in [-0.39, 0.29) is 22.9 Å². The molecular formula is C27H33NO2. The number of benzene rings is 2. The summed E-state index contributed by atoms with van der Waals surface area (Å²) in [7, 11) is 0. The Labute approximate surface area is 180 Å². The Morgan fingerprint density at radius 1 is 0.833 bits per heavy atom. The molecule has 2 saturated heterocycles. The van der Waals surface area contributed by atoms with Crippen LogP contribution in [0.5, 0.6) is 0 Å². The second-order valence-corrected chi connectivity index (χ2v) is 9.66. The van der Waals surface area contributed by atoms with Gasteiger partial charge in [0.2, 0.25) is 0 Å². The molecule has 3 heteroatoms. The lowest BCUT2D eigenvalue weighted by Gasteiger charge is -2.43. The number of rotatable bonds is 5. The van der Waals surface area contributed by atoms with Crippen molar-refractivity contribution in [3.8, 4) is 0 Å². The minimum atomic E-state index is -0.123. The Morgan fingerprint density at radius 2 is 1.40 bits per heavy atom. The van der Waals surface area contributed by atoms with E-state index in [0.717, 1.165) is 58.2 Å². The molecule has 3 nitrogen and oxygen atoms in total. The van der Waals surface area contributed by atoms with E-state index in [9.17, 15) is 4.79 Å². The fraction of sp³-hybridized carbons (Fsp3) is 0.519. The maximum atomic E-state index is 12.4. The van der Waals surface area contributed by atoms with Crippen molar-refractivity contribution in [2.45, 2.75) is 62.9 Å². The highest BCUT2D eigenvalue weighted by molar-refractivity contribution is 5.79. The van der Waals surface area contributed by atoms with Crippen LogP contribution >= 0.6 is 0 Å². The number of carbonyl (C=O) groups is 1. The monoisotopic (exact) mass is 403 g/mol. The van der Waals surface area contributed by atoms with E-state index in [4.69, 9.17) is 4.74 Å². The molecule has 3 fully saturated rings. The molecule has 1 atom stereocenters. The van der Waals surface area contributed by atoms with Gasteiger partial charge in [-0.2, -0.15) is 0 Å². The number of hydrogen-bond donors (Lipinski definition) is 0. The fourth-order valence-corrected chi connectivity index (χ4v) is 6.20. The third-order valence-electron chi connectivity index (χ3n) is 8.02. The van der Waals surface area contributed by atoms with Gasteiger partial charge >= 0.3 is 5.97 Å². The normalized spacial score (nSPS) is 25.5. The van der Waals surface area contributed by atoms with Crippen LogP contribution in [-0.2, 0) is 14.9 Å². The smallest absolute Gasteiger partial charge is 0.312 e. The number of hydrogen-bond acceptors (Lipinski definition) is 3. The van der Waals surface area contributed by atoms with Crippen LogP contribution in [0.1, 0.15) is 62.5 Å². The van der Waals surface area contributed by atoms with E-state index >= 15 is 0 Å². The molecule has 0 amide bonds. The zero-order valence-corrected chi connectivity index (χ0v) is 17.9. The van der Waals surface area contributed by atoms with Gasteiger partial charge in [0.25, 0.3) is 0 Å². The fourth-order valence-electron chi connectivity index (χ4n) is 6.20. The third kappa shape index (κ3) is 3.58. The topological polar surface area (TPSA) is 29.5 Å². The lowest BCUT2D eigenvalue weighted by atomic mass is 9.68. The first-order valence-corrected chi connectivity index (χ1v) is 11.7. The lowest BCUT2D eigenvalue weighted by Crippen LogP contribution is -2.44. The summed E-state index contributed by atoms with van der Waals surface area (Å²) in [5.74, 6) is 0.0933. The highest BCUT2D eigenvalue weighted by Gasteiger charge is 2.50. The van der Waals surface area contributed by atoms with Gasteiger partial charge in [-0.15, -0.1) is 0 Å². The molecule has 1 saturated carbocycles. The van der Waals surface area contributed by atoms with Gasteiger partial charge in [0.1, 0.15) is 6.10 Å². The molecule has 5 rings (SSSR count). The van der Waals surface area contributed by atoms with Gasteiger partial charge in [-0.25, -0.2) is 0 Å². The first kappa shape index (κ1) is 19.8. The molecule has 2 aromatic rings. The summed E-state index contributed by atoms with van der Waals surface area (Å²) in [5.41, 5.74) is 2.85. The molecule has 2 heterocycles. The number of cyclic esters (lactones) is 1. The van der Waals surface area contributed by atoms with Gasteiger partial charge in [-0.3, -0.25) is 4.79 Å². The van der Waals surface area contributed by atoms with E-state index in [1.807, 2.05) is 0 Å². The number of carbonyl (C=O) groups excluding carboxylic acids is 1. The summed E-state index contributed by atoms with van der Waals surface area (Å²) in [6.45, 7) is 3.22. The molecule has 30 heavy (non-hydrogen) atoms. The van der Waals surface area contributed by atoms with Gasteiger partial charge in [0.05, 0.1) is 5.41 Å². The van der Waals surface area contributed by atoms with E-state index in [2.05, 4.69) is 65.6 Å². The maximum Gasteiger partial charge on any atom is 0.312 e. The molecule has 1 aliphatic carbocycles. The summed E-state index contributed by atoms with van der Waals surface area (Å²) in [6, 6.07) is 22.1. The Balaban J connectivity index is 1.23. The van der Waals surface area contributed by atoms with Crippen LogP contribution in [0.15, 0.2) is 60.7 Å². The van der Waals surface area contributed by atoms with Gasteiger partial charge in [-0.05, 0) is 56.3 Å². The molecule has 0 radical (unpaired) electrons. The van der Waals surface area contributed by atoms with E-state index in [1.165, 1.54) is 24.0 Å². The van der Waals surface area contributed by atoms with E-state index in [0.29, 0.717) is 0 Å². The molecule has 0 aromatic heterocycles. The first-order valence-electron chi connectivity index (χ1n) is 11.7. The molecule has 1 unspecified atom stereocenters. The van der Waals surface area contributed by atoms with Crippen LogP contribution in [0, 0.1) is 5.41 Å². The van der Waals surface area contributed by atoms with Gasteiger partial charge in [-0.1, -0.05) is 73.5 Å². The van der Waals surface area contributed by atoms with Crippen LogP contribution in [0.3, 0.4) is 0 Å². The highest BCUT2D eigenvalue weighted by Crippen LogP contribution is 2.48. The Kier molecular flexibility index (Phi) is 5.41. The number of esters is 1. The van der Waals surface area contributed by atoms with Crippen LogP contribution in [0.2, 0.25) is 0 Å². The minimum Gasteiger partial charge on any atom is -0.462 e. The molecule has 3 aliphatic rings. The quantitative estimate of drug-likeness (QED) is 0.632. The largest absolute Gasteiger partial charge is 0.462 e. The number of ether oxygens (including phenoxy) is 1. The van der Waals surface area contributed by atoms with Crippen molar-refractivity contribution in [2.24, 2.45) is 5.41 Å². The van der Waals surface area contributed by atoms with Gasteiger partial charge in [0.15, 0.2) is 0 Å². The van der Waals surface area contributed by atoms with Crippen molar-refractivity contribution in [1.29, 1.82) is 0 Å². The first-order chi connectivity index (χ1) is 14.7. The highest BCUT2D eigenvalue weighted by atomic mass is 16.6. The van der Waals surface area contributed by atoms with Crippen molar-refractivity contribution >= 4 is 5.97 Å². The molecule has 1 spiro atoms. The third-order valence-corrected chi connectivity index (χ3v) is 8.02. The predicted molar refractivity (Wildman–Crippen MR) is 119 cm³/mol. The van der Waals surface area contributed by atoms with Crippen molar-refractivity contribution in [1.82, 2.24) is 4.90 Å². The van der Waals surface area contributed by atoms with Crippen LogP contribution in [0.25, 0.3) is 0 Å². The van der Waals surface area contributed by atoms with Crippen LogP contribution < -0.4 is 0 Å². The second-order valence-electron chi connectivity index (χ2n) is 9.66. The summed E-state index contributed by atoms with van der Waals surface area (Å²) < 4.78 is 5.80. The standard InChI is InChI=1S/C27H33NO2/c29-25-26(14-7-8-15-26)21-24(30-25)13-18-28-19-16-27(17-20-28,22-9-3-1-4-10-22)23-11-5-2-6-12-23/h1-6,9-12,24H,7-8,13-21H2. The van der Waals surface area contributed by atoms with Crippen molar-refractivity contribution in [3.05, 3.63) is 71.8 Å². The van der Waals surface area contributed by atoms with Gasteiger partial charge < -0.3 is 9.64 Å².